The van der Waals surface area contributed by atoms with Crippen LogP contribution in [0.25, 0.3) is 16.3 Å². The maximum absolute atomic E-state index is 13.9. The lowest BCUT2D eigenvalue weighted by molar-refractivity contribution is -0.114. The van der Waals surface area contributed by atoms with Gasteiger partial charge in [0.2, 0.25) is 0 Å². The number of Topliss-reactive ketones (excluding diaryl/α,β-unsaturated/α-hetero) is 1. The van der Waals surface area contributed by atoms with Crippen molar-refractivity contribution in [3.05, 3.63) is 75.4 Å². The van der Waals surface area contributed by atoms with E-state index in [9.17, 15) is 4.79 Å². The molecule has 3 aliphatic heterocycles. The third-order valence-corrected chi connectivity index (χ3v) is 9.23. The number of aryl methyl sites for hydroxylation is 2. The van der Waals surface area contributed by atoms with Crippen LogP contribution in [-0.2, 0) is 35.9 Å². The highest BCUT2D eigenvalue weighted by molar-refractivity contribution is 6.33. The lowest BCUT2D eigenvalue weighted by Crippen LogP contribution is -2.37. The van der Waals surface area contributed by atoms with Crippen LogP contribution in [-0.4, -0.2) is 24.6 Å². The van der Waals surface area contributed by atoms with Crippen molar-refractivity contribution in [2.24, 2.45) is 4.99 Å². The minimum absolute atomic E-state index is 0.238. The molecule has 182 valence electrons. The molecule has 1 aliphatic carbocycles. The topological polar surface area (TPSA) is 32.7 Å². The summed E-state index contributed by atoms with van der Waals surface area (Å²) in [5.74, 6) is 0.238. The second-order valence-electron chi connectivity index (χ2n) is 11.6. The number of benzene rings is 3. The maximum Gasteiger partial charge on any atom is 0.169 e. The summed E-state index contributed by atoms with van der Waals surface area (Å²) in [4.78, 5) is 21.8. The minimum Gasteiger partial charge on any atom is -0.371 e. The molecule has 0 unspecified atom stereocenters. The van der Waals surface area contributed by atoms with E-state index in [1.165, 1.54) is 62.7 Å². The van der Waals surface area contributed by atoms with E-state index in [2.05, 4.69) is 69.0 Å². The molecule has 0 saturated carbocycles. The van der Waals surface area contributed by atoms with Gasteiger partial charge in [-0.25, -0.2) is 0 Å². The number of carbonyl (C=O) groups excluding carboxylic acids is 1. The van der Waals surface area contributed by atoms with Crippen LogP contribution in [0.4, 0.5) is 11.4 Å². The summed E-state index contributed by atoms with van der Waals surface area (Å²) in [6.07, 6.45) is 6.16. The second kappa shape index (κ2) is 7.65. The van der Waals surface area contributed by atoms with Crippen molar-refractivity contribution in [1.29, 1.82) is 0 Å². The standard InChI is InChI=1S/C33H34N2O/c1-5-20-10-11-21-12-13-27-30(25(21)16-20)34-32(33(27,3)4)29-19(2)24-17-22-8-6-14-35-15-7-9-23(31(22)35)26(24)18-28(29)36/h10-13,16-17H,5-9,14-15,18H2,1-4H3. The Morgan fingerprint density at radius 3 is 2.58 bits per heavy atom. The van der Waals surface area contributed by atoms with E-state index in [4.69, 9.17) is 4.99 Å². The molecule has 0 bridgehead atoms. The summed E-state index contributed by atoms with van der Waals surface area (Å²) in [5.41, 5.74) is 13.2. The molecule has 3 nitrogen and oxygen atoms in total. The summed E-state index contributed by atoms with van der Waals surface area (Å²) >= 11 is 0. The first-order valence-electron chi connectivity index (χ1n) is 13.7. The Morgan fingerprint density at radius 1 is 1.00 bits per heavy atom. The van der Waals surface area contributed by atoms with Gasteiger partial charge in [-0.2, -0.15) is 0 Å². The smallest absolute Gasteiger partial charge is 0.169 e. The van der Waals surface area contributed by atoms with Gasteiger partial charge in [0.25, 0.3) is 0 Å². The van der Waals surface area contributed by atoms with Crippen LogP contribution in [0.15, 0.2) is 47.0 Å². The van der Waals surface area contributed by atoms with Gasteiger partial charge in [0.05, 0.1) is 11.4 Å². The van der Waals surface area contributed by atoms with Crippen LogP contribution in [0.1, 0.15) is 73.9 Å². The quantitative estimate of drug-likeness (QED) is 0.398. The highest BCUT2D eigenvalue weighted by Crippen LogP contribution is 2.49. The van der Waals surface area contributed by atoms with Crippen LogP contribution in [0, 0.1) is 0 Å². The highest BCUT2D eigenvalue weighted by Gasteiger charge is 2.42. The molecule has 3 heterocycles. The number of hydrogen-bond acceptors (Lipinski definition) is 3. The van der Waals surface area contributed by atoms with Crippen molar-refractivity contribution in [2.45, 2.75) is 71.6 Å². The predicted molar refractivity (Wildman–Crippen MR) is 150 cm³/mol. The molecular formula is C33H34N2O. The van der Waals surface area contributed by atoms with E-state index in [1.807, 2.05) is 0 Å². The van der Waals surface area contributed by atoms with Crippen molar-refractivity contribution >= 4 is 39.2 Å². The van der Waals surface area contributed by atoms with Gasteiger partial charge in [0.15, 0.2) is 5.78 Å². The molecule has 0 amide bonds. The molecule has 0 radical (unpaired) electrons. The third-order valence-electron chi connectivity index (χ3n) is 9.23. The molecule has 0 fully saturated rings. The molecular weight excluding hydrogens is 440 g/mol. The zero-order valence-corrected chi connectivity index (χ0v) is 21.9. The molecule has 0 spiro atoms. The van der Waals surface area contributed by atoms with Crippen LogP contribution < -0.4 is 4.90 Å². The van der Waals surface area contributed by atoms with Crippen molar-refractivity contribution in [1.82, 2.24) is 0 Å². The number of nitrogens with zero attached hydrogens (tertiary/aromatic N) is 2. The van der Waals surface area contributed by atoms with Crippen molar-refractivity contribution in [2.75, 3.05) is 18.0 Å². The number of carbonyl (C=O) groups is 1. The van der Waals surface area contributed by atoms with Gasteiger partial charge in [-0.3, -0.25) is 9.79 Å². The van der Waals surface area contributed by atoms with Gasteiger partial charge in [-0.15, -0.1) is 0 Å². The van der Waals surface area contributed by atoms with Gasteiger partial charge in [-0.05, 0) is 95.5 Å². The molecule has 0 atom stereocenters. The van der Waals surface area contributed by atoms with E-state index in [0.29, 0.717) is 6.42 Å². The second-order valence-corrected chi connectivity index (χ2v) is 11.6. The third kappa shape index (κ3) is 2.92. The number of rotatable bonds is 2. The van der Waals surface area contributed by atoms with Gasteiger partial charge in [0.1, 0.15) is 0 Å². The summed E-state index contributed by atoms with van der Waals surface area (Å²) in [6, 6.07) is 13.6. The summed E-state index contributed by atoms with van der Waals surface area (Å²) in [7, 11) is 0. The van der Waals surface area contributed by atoms with Crippen molar-refractivity contribution < 1.29 is 4.79 Å². The Morgan fingerprint density at radius 2 is 1.78 bits per heavy atom. The number of aliphatic imine (C=N–C) groups is 1. The van der Waals surface area contributed by atoms with Gasteiger partial charge >= 0.3 is 0 Å². The first kappa shape index (κ1) is 22.0. The highest BCUT2D eigenvalue weighted by atomic mass is 16.1. The Labute approximate surface area is 213 Å². The molecule has 3 aromatic rings. The van der Waals surface area contributed by atoms with Gasteiger partial charge in [0, 0.05) is 41.6 Å². The lowest BCUT2D eigenvalue weighted by Gasteiger charge is -2.39. The molecule has 36 heavy (non-hydrogen) atoms. The van der Waals surface area contributed by atoms with Crippen LogP contribution in [0.3, 0.4) is 0 Å². The number of hydrogen-bond donors (Lipinski definition) is 0. The largest absolute Gasteiger partial charge is 0.371 e. The molecule has 4 aliphatic rings. The summed E-state index contributed by atoms with van der Waals surface area (Å²) in [5, 5.41) is 2.42. The average Bonchev–Trinajstić information content (AvgIpc) is 3.15. The number of fused-ring (bicyclic) bond motifs is 5. The zero-order valence-electron chi connectivity index (χ0n) is 21.9. The molecule has 3 aromatic carbocycles. The Balaban J connectivity index is 1.44. The molecule has 3 heteroatoms. The van der Waals surface area contributed by atoms with E-state index in [1.54, 1.807) is 0 Å². The number of ketones is 1. The first-order valence-corrected chi connectivity index (χ1v) is 13.7. The van der Waals surface area contributed by atoms with Crippen molar-refractivity contribution in [3.63, 3.8) is 0 Å². The molecule has 0 aromatic heterocycles. The van der Waals surface area contributed by atoms with Gasteiger partial charge in [-0.1, -0.05) is 45.0 Å². The Kier molecular flexibility index (Phi) is 4.68. The van der Waals surface area contributed by atoms with Crippen LogP contribution in [0.2, 0.25) is 0 Å². The maximum atomic E-state index is 13.9. The molecule has 7 rings (SSSR count). The Bertz CT molecular complexity index is 1550. The van der Waals surface area contributed by atoms with E-state index < -0.39 is 0 Å². The average molecular weight is 475 g/mol. The molecule has 0 saturated heterocycles. The first-order chi connectivity index (χ1) is 17.4. The Hall–Kier alpha value is -3.20. The fraction of sp³-hybridized carbons (Fsp3) is 0.394. The fourth-order valence-electron chi connectivity index (χ4n) is 7.31. The monoisotopic (exact) mass is 474 g/mol. The molecule has 0 N–H and O–H groups in total. The normalized spacial score (nSPS) is 19.8. The summed E-state index contributed by atoms with van der Waals surface area (Å²) in [6.45, 7) is 11.2. The van der Waals surface area contributed by atoms with Gasteiger partial charge < -0.3 is 4.90 Å². The zero-order chi connectivity index (χ0) is 24.8. The van der Waals surface area contributed by atoms with E-state index >= 15 is 0 Å². The number of anilines is 1. The van der Waals surface area contributed by atoms with Crippen LogP contribution in [0.5, 0.6) is 0 Å². The summed E-state index contributed by atoms with van der Waals surface area (Å²) < 4.78 is 0. The predicted octanol–water partition coefficient (Wildman–Crippen LogP) is 7.06. The number of allylic oxidation sites excluding steroid dienone is 2. The minimum atomic E-state index is -0.311. The van der Waals surface area contributed by atoms with E-state index in [-0.39, 0.29) is 11.2 Å². The fourth-order valence-corrected chi connectivity index (χ4v) is 7.31. The SMILES string of the molecule is CCc1ccc2ccc3c(c2c1)N=C(C1=C(C)c2cc4c5c(c2CC1=O)CCCN5CCC4)C3(C)C. The lowest BCUT2D eigenvalue weighted by atomic mass is 9.71. The van der Waals surface area contributed by atoms with Crippen molar-refractivity contribution in [3.8, 4) is 0 Å². The van der Waals surface area contributed by atoms with Crippen LogP contribution >= 0.6 is 0 Å². The van der Waals surface area contributed by atoms with E-state index in [0.717, 1.165) is 54.9 Å².